The lowest BCUT2D eigenvalue weighted by molar-refractivity contribution is 0.0731. The predicted octanol–water partition coefficient (Wildman–Crippen LogP) is 3.81. The van der Waals surface area contributed by atoms with E-state index >= 15 is 0 Å². The first-order valence-electron chi connectivity index (χ1n) is 11.7. The van der Waals surface area contributed by atoms with Gasteiger partial charge in [0.15, 0.2) is 0 Å². The molecular formula is C26H27F2N5O2. The minimum absolute atomic E-state index is 0.239. The molecule has 0 aliphatic carbocycles. The van der Waals surface area contributed by atoms with Crippen LogP contribution < -0.4 is 9.64 Å². The van der Waals surface area contributed by atoms with E-state index in [1.54, 1.807) is 30.0 Å². The number of aromatic nitrogens is 2. The van der Waals surface area contributed by atoms with E-state index in [9.17, 15) is 13.6 Å². The Balaban J connectivity index is 1.48. The molecule has 0 atom stereocenters. The van der Waals surface area contributed by atoms with Crippen LogP contribution in [0.25, 0.3) is 0 Å². The van der Waals surface area contributed by atoms with Crippen molar-refractivity contribution in [3.05, 3.63) is 76.5 Å². The molecule has 0 saturated carbocycles. The lowest BCUT2D eigenvalue weighted by atomic mass is 10.0. The van der Waals surface area contributed by atoms with Gasteiger partial charge in [-0.2, -0.15) is 4.98 Å². The molecule has 0 spiro atoms. The second kappa shape index (κ2) is 9.58. The topological polar surface area (TPSA) is 61.8 Å². The number of benzene rings is 2. The first kappa shape index (κ1) is 23.2. The van der Waals surface area contributed by atoms with E-state index < -0.39 is 5.82 Å². The van der Waals surface area contributed by atoms with E-state index in [0.29, 0.717) is 47.2 Å². The summed E-state index contributed by atoms with van der Waals surface area (Å²) in [4.78, 5) is 28.7. The van der Waals surface area contributed by atoms with Crippen LogP contribution in [0, 0.1) is 18.6 Å². The second-order valence-corrected chi connectivity index (χ2v) is 9.04. The summed E-state index contributed by atoms with van der Waals surface area (Å²) in [6.07, 6.45) is 0.526. The highest BCUT2D eigenvalue weighted by Gasteiger charge is 2.29. The molecule has 1 fully saturated rings. The quantitative estimate of drug-likeness (QED) is 0.567. The third kappa shape index (κ3) is 4.95. The van der Waals surface area contributed by atoms with Gasteiger partial charge in [0.25, 0.3) is 5.91 Å². The van der Waals surface area contributed by atoms with Crippen molar-refractivity contribution in [1.82, 2.24) is 19.8 Å². The van der Waals surface area contributed by atoms with Crippen LogP contribution in [0.5, 0.6) is 11.6 Å². The standard InChI is InChI=1S/C26H27F2N5O2/c1-17-14-20(6-7-22(17)28)35-24-21-16-33(25(34)18-4-3-5-19(27)15-18)9-8-23(21)29-26(30-24)32-12-10-31(2)11-13-32/h3-7,14-15H,8-13,16H2,1-2H3. The van der Waals surface area contributed by atoms with Crippen molar-refractivity contribution in [2.75, 3.05) is 44.7 Å². The molecule has 1 aromatic heterocycles. The largest absolute Gasteiger partial charge is 0.438 e. The molecule has 7 nitrogen and oxygen atoms in total. The molecule has 2 aliphatic heterocycles. The van der Waals surface area contributed by atoms with Crippen molar-refractivity contribution >= 4 is 11.9 Å². The number of aryl methyl sites for hydroxylation is 1. The molecule has 35 heavy (non-hydrogen) atoms. The molecule has 1 amide bonds. The Morgan fingerprint density at radius 1 is 1.00 bits per heavy atom. The highest BCUT2D eigenvalue weighted by Crippen LogP contribution is 2.32. The number of nitrogens with zero attached hydrogens (tertiary/aromatic N) is 5. The normalized spacial score (nSPS) is 16.2. The number of hydrogen-bond acceptors (Lipinski definition) is 6. The van der Waals surface area contributed by atoms with Gasteiger partial charge in [-0.05, 0) is 55.9 Å². The van der Waals surface area contributed by atoms with Crippen molar-refractivity contribution in [1.29, 1.82) is 0 Å². The van der Waals surface area contributed by atoms with Gasteiger partial charge in [-0.15, -0.1) is 0 Å². The maximum atomic E-state index is 13.8. The molecule has 3 heterocycles. The van der Waals surface area contributed by atoms with E-state index in [4.69, 9.17) is 14.7 Å². The molecule has 0 bridgehead atoms. The van der Waals surface area contributed by atoms with Gasteiger partial charge in [0.05, 0.1) is 17.8 Å². The summed E-state index contributed by atoms with van der Waals surface area (Å²) < 4.78 is 33.7. The van der Waals surface area contributed by atoms with Crippen LogP contribution in [0.4, 0.5) is 14.7 Å². The first-order chi connectivity index (χ1) is 16.9. The monoisotopic (exact) mass is 479 g/mol. The maximum Gasteiger partial charge on any atom is 0.254 e. The summed E-state index contributed by atoms with van der Waals surface area (Å²) >= 11 is 0. The number of carbonyl (C=O) groups is 1. The summed E-state index contributed by atoms with van der Waals surface area (Å²) in [5.41, 5.74) is 2.29. The van der Waals surface area contributed by atoms with Gasteiger partial charge in [-0.25, -0.2) is 13.8 Å². The summed E-state index contributed by atoms with van der Waals surface area (Å²) in [6, 6.07) is 10.2. The lowest BCUT2D eigenvalue weighted by Gasteiger charge is -2.34. The Labute approximate surface area is 203 Å². The number of carbonyl (C=O) groups excluding carboxylic acids is 1. The minimum atomic E-state index is -0.455. The van der Waals surface area contributed by atoms with Gasteiger partial charge in [0, 0.05) is 44.7 Å². The number of piperazine rings is 1. The predicted molar refractivity (Wildman–Crippen MR) is 128 cm³/mol. The molecule has 0 unspecified atom stereocenters. The second-order valence-electron chi connectivity index (χ2n) is 9.04. The Morgan fingerprint density at radius 2 is 1.80 bits per heavy atom. The summed E-state index contributed by atoms with van der Waals surface area (Å²) in [5, 5.41) is 0. The number of amides is 1. The fourth-order valence-electron chi connectivity index (χ4n) is 4.37. The molecule has 2 aliphatic rings. The smallest absolute Gasteiger partial charge is 0.254 e. The first-order valence-corrected chi connectivity index (χ1v) is 11.7. The molecule has 0 N–H and O–H groups in total. The van der Waals surface area contributed by atoms with Crippen LogP contribution in [-0.4, -0.2) is 65.4 Å². The van der Waals surface area contributed by atoms with Crippen LogP contribution in [0.3, 0.4) is 0 Å². The third-order valence-corrected chi connectivity index (χ3v) is 6.50. The van der Waals surface area contributed by atoms with Crippen LogP contribution in [-0.2, 0) is 13.0 Å². The zero-order chi connectivity index (χ0) is 24.5. The highest BCUT2D eigenvalue weighted by atomic mass is 19.1. The van der Waals surface area contributed by atoms with Crippen molar-refractivity contribution in [3.63, 3.8) is 0 Å². The number of hydrogen-bond donors (Lipinski definition) is 0. The van der Waals surface area contributed by atoms with E-state index in [1.807, 2.05) is 0 Å². The average molecular weight is 480 g/mol. The fraction of sp³-hybridized carbons (Fsp3) is 0.346. The van der Waals surface area contributed by atoms with Gasteiger partial charge in [-0.3, -0.25) is 4.79 Å². The summed E-state index contributed by atoms with van der Waals surface area (Å²) in [6.45, 7) is 5.78. The third-order valence-electron chi connectivity index (χ3n) is 6.50. The van der Waals surface area contributed by atoms with Crippen LogP contribution in [0.15, 0.2) is 42.5 Å². The number of halogens is 2. The van der Waals surface area contributed by atoms with Gasteiger partial charge in [0.1, 0.15) is 17.4 Å². The average Bonchev–Trinajstić information content (AvgIpc) is 2.86. The van der Waals surface area contributed by atoms with Crippen molar-refractivity contribution in [2.45, 2.75) is 19.9 Å². The molecule has 5 rings (SSSR count). The number of fused-ring (bicyclic) bond motifs is 1. The Bertz CT molecular complexity index is 1260. The van der Waals surface area contributed by atoms with E-state index in [1.165, 1.54) is 24.3 Å². The number of ether oxygens (including phenoxy) is 1. The Morgan fingerprint density at radius 3 is 2.54 bits per heavy atom. The molecule has 9 heteroatoms. The van der Waals surface area contributed by atoms with Gasteiger partial charge >= 0.3 is 0 Å². The van der Waals surface area contributed by atoms with E-state index in [2.05, 4.69) is 16.8 Å². The molecule has 2 aromatic carbocycles. The lowest BCUT2D eigenvalue weighted by Crippen LogP contribution is -2.45. The van der Waals surface area contributed by atoms with Crippen molar-refractivity contribution < 1.29 is 18.3 Å². The fourth-order valence-corrected chi connectivity index (χ4v) is 4.37. The van der Waals surface area contributed by atoms with Crippen LogP contribution in [0.1, 0.15) is 27.2 Å². The molecule has 3 aromatic rings. The number of rotatable bonds is 4. The van der Waals surface area contributed by atoms with Crippen molar-refractivity contribution in [2.24, 2.45) is 0 Å². The summed E-state index contributed by atoms with van der Waals surface area (Å²) in [7, 11) is 2.08. The van der Waals surface area contributed by atoms with Crippen molar-refractivity contribution in [3.8, 4) is 11.6 Å². The highest BCUT2D eigenvalue weighted by molar-refractivity contribution is 5.94. The number of likely N-dealkylation sites (N-methyl/N-ethyl adjacent to an activating group) is 1. The number of anilines is 1. The van der Waals surface area contributed by atoms with Crippen LogP contribution in [0.2, 0.25) is 0 Å². The van der Waals surface area contributed by atoms with Crippen LogP contribution >= 0.6 is 0 Å². The van der Waals surface area contributed by atoms with E-state index in [0.717, 1.165) is 31.9 Å². The Hall–Kier alpha value is -3.59. The zero-order valence-corrected chi connectivity index (χ0v) is 19.8. The maximum absolute atomic E-state index is 13.8. The molecule has 1 saturated heterocycles. The SMILES string of the molecule is Cc1cc(Oc2nc(N3CCN(C)CC3)nc3c2CN(C(=O)c2cccc(F)c2)CC3)ccc1F. The van der Waals surface area contributed by atoms with E-state index in [-0.39, 0.29) is 18.3 Å². The van der Waals surface area contributed by atoms with Gasteiger partial charge < -0.3 is 19.4 Å². The molecule has 0 radical (unpaired) electrons. The van der Waals surface area contributed by atoms with Gasteiger partial charge in [-0.1, -0.05) is 6.07 Å². The zero-order valence-electron chi connectivity index (χ0n) is 19.8. The molecular weight excluding hydrogens is 452 g/mol. The van der Waals surface area contributed by atoms with Gasteiger partial charge in [0.2, 0.25) is 11.8 Å². The Kier molecular flexibility index (Phi) is 6.34. The molecule has 182 valence electrons. The minimum Gasteiger partial charge on any atom is -0.438 e. The summed E-state index contributed by atoms with van der Waals surface area (Å²) in [5.74, 6) is 0.378.